The summed E-state index contributed by atoms with van der Waals surface area (Å²) < 4.78 is 0. The molecule has 0 fully saturated rings. The molecule has 0 heteroatoms. The van der Waals surface area contributed by atoms with Crippen molar-refractivity contribution in [2.45, 2.75) is 26.7 Å². The number of fused-ring (bicyclic) bond motifs is 3. The van der Waals surface area contributed by atoms with Gasteiger partial charge in [-0.3, -0.25) is 0 Å². The van der Waals surface area contributed by atoms with Crippen LogP contribution in [0.25, 0.3) is 45.5 Å². The highest BCUT2D eigenvalue weighted by atomic mass is 14.3. The fourth-order valence-electron chi connectivity index (χ4n) is 6.06. The van der Waals surface area contributed by atoms with Crippen LogP contribution in [0.15, 0.2) is 110 Å². The van der Waals surface area contributed by atoms with Crippen LogP contribution in [-0.4, -0.2) is 0 Å². The fourth-order valence-corrected chi connectivity index (χ4v) is 6.06. The highest BCUT2D eigenvalue weighted by Crippen LogP contribution is 2.52. The van der Waals surface area contributed by atoms with Gasteiger partial charge in [-0.1, -0.05) is 133 Å². The largest absolute Gasteiger partial charge is 0.0984 e. The summed E-state index contributed by atoms with van der Waals surface area (Å²) in [7, 11) is 0. The molecule has 0 spiro atoms. The summed E-state index contributed by atoms with van der Waals surface area (Å²) in [5, 5.41) is 0. The van der Waals surface area contributed by atoms with Crippen molar-refractivity contribution in [1.29, 1.82) is 0 Å². The standard InChI is InChI=1S/C38H32/c1-5-28-13-10-14-31-24-34-37(30-21-17-26(4)18-22-30)36(29-19-15-25(3)16-20-29)33(23-27-11-8-7-9-12-27)32(6-2)38(34)35(28)31/h5-22H,1-2,23-24H2,3-4H3. The van der Waals surface area contributed by atoms with Crippen molar-refractivity contribution in [3.63, 3.8) is 0 Å². The Kier molecular flexibility index (Phi) is 6.18. The number of hydrogen-bond donors (Lipinski definition) is 0. The van der Waals surface area contributed by atoms with Gasteiger partial charge in [0, 0.05) is 0 Å². The number of benzene rings is 5. The summed E-state index contributed by atoms with van der Waals surface area (Å²) in [5.41, 5.74) is 18.2. The van der Waals surface area contributed by atoms with Crippen LogP contribution in [0, 0.1) is 13.8 Å². The minimum absolute atomic E-state index is 0.836. The Hall–Kier alpha value is -4.42. The lowest BCUT2D eigenvalue weighted by Gasteiger charge is -2.24. The Morgan fingerprint density at radius 1 is 0.605 bits per heavy atom. The van der Waals surface area contributed by atoms with Gasteiger partial charge in [0.2, 0.25) is 0 Å². The average molecular weight is 489 g/mol. The molecule has 0 aliphatic heterocycles. The zero-order chi connectivity index (χ0) is 26.2. The van der Waals surface area contributed by atoms with E-state index in [0.29, 0.717) is 0 Å². The third-order valence-electron chi connectivity index (χ3n) is 7.88. The van der Waals surface area contributed by atoms with Crippen LogP contribution in [-0.2, 0) is 12.8 Å². The maximum absolute atomic E-state index is 4.38. The van der Waals surface area contributed by atoms with E-state index in [1.807, 2.05) is 6.08 Å². The van der Waals surface area contributed by atoms with Crippen LogP contribution in [0.4, 0.5) is 0 Å². The Morgan fingerprint density at radius 3 is 1.84 bits per heavy atom. The van der Waals surface area contributed by atoms with Crippen LogP contribution in [0.2, 0.25) is 0 Å². The quantitative estimate of drug-likeness (QED) is 0.219. The van der Waals surface area contributed by atoms with Gasteiger partial charge in [0.15, 0.2) is 0 Å². The summed E-state index contributed by atoms with van der Waals surface area (Å²) in [4.78, 5) is 0. The van der Waals surface area contributed by atoms with E-state index >= 15 is 0 Å². The molecule has 6 rings (SSSR count). The number of aryl methyl sites for hydroxylation is 2. The second-order valence-corrected chi connectivity index (χ2v) is 10.4. The fraction of sp³-hybridized carbons (Fsp3) is 0.105. The SMILES string of the molecule is C=Cc1cccc2c1-c1c(C=C)c(Cc3ccccc3)c(-c3ccc(C)cc3)c(-c3ccc(C)cc3)c1C2. The Morgan fingerprint density at radius 2 is 1.24 bits per heavy atom. The molecule has 38 heavy (non-hydrogen) atoms. The van der Waals surface area contributed by atoms with Gasteiger partial charge < -0.3 is 0 Å². The average Bonchev–Trinajstić information content (AvgIpc) is 3.33. The van der Waals surface area contributed by atoms with Crippen molar-refractivity contribution < 1.29 is 0 Å². The lowest BCUT2D eigenvalue weighted by molar-refractivity contribution is 1.18. The van der Waals surface area contributed by atoms with E-state index in [1.165, 1.54) is 77.9 Å². The molecule has 0 N–H and O–H groups in total. The van der Waals surface area contributed by atoms with Crippen molar-refractivity contribution in [3.8, 4) is 33.4 Å². The topological polar surface area (TPSA) is 0 Å². The highest BCUT2D eigenvalue weighted by molar-refractivity contribution is 6.01. The molecule has 0 atom stereocenters. The second kappa shape index (κ2) is 9.80. The van der Waals surface area contributed by atoms with Gasteiger partial charge in [-0.2, -0.15) is 0 Å². The van der Waals surface area contributed by atoms with E-state index in [9.17, 15) is 0 Å². The predicted molar refractivity (Wildman–Crippen MR) is 164 cm³/mol. The van der Waals surface area contributed by atoms with Crippen LogP contribution < -0.4 is 0 Å². The highest BCUT2D eigenvalue weighted by Gasteiger charge is 2.31. The molecule has 0 heterocycles. The van der Waals surface area contributed by atoms with Gasteiger partial charge in [0.1, 0.15) is 0 Å². The molecule has 5 aromatic carbocycles. The van der Waals surface area contributed by atoms with Gasteiger partial charge in [0.25, 0.3) is 0 Å². The van der Waals surface area contributed by atoms with E-state index in [4.69, 9.17) is 0 Å². The van der Waals surface area contributed by atoms with Gasteiger partial charge in [0.05, 0.1) is 0 Å². The molecule has 1 aliphatic carbocycles. The lowest BCUT2D eigenvalue weighted by Crippen LogP contribution is -2.04. The lowest BCUT2D eigenvalue weighted by atomic mass is 9.79. The van der Waals surface area contributed by atoms with Crippen LogP contribution in [0.1, 0.15) is 44.5 Å². The molecule has 5 aromatic rings. The normalized spacial score (nSPS) is 11.6. The minimum atomic E-state index is 0.836. The van der Waals surface area contributed by atoms with Gasteiger partial charge in [-0.25, -0.2) is 0 Å². The summed E-state index contributed by atoms with van der Waals surface area (Å²) >= 11 is 0. The first-order chi connectivity index (χ1) is 18.6. The molecule has 0 aromatic heterocycles. The number of rotatable bonds is 6. The van der Waals surface area contributed by atoms with Crippen LogP contribution in [0.5, 0.6) is 0 Å². The minimum Gasteiger partial charge on any atom is -0.0984 e. The molecule has 0 bridgehead atoms. The molecule has 0 saturated carbocycles. The second-order valence-electron chi connectivity index (χ2n) is 10.4. The summed E-state index contributed by atoms with van der Waals surface area (Å²) in [6, 6.07) is 35.5. The first-order valence-electron chi connectivity index (χ1n) is 13.4. The van der Waals surface area contributed by atoms with E-state index in [1.54, 1.807) is 0 Å². The van der Waals surface area contributed by atoms with Crippen molar-refractivity contribution in [3.05, 3.63) is 155 Å². The predicted octanol–water partition coefficient (Wildman–Crippen LogP) is 10.1. The van der Waals surface area contributed by atoms with Crippen molar-refractivity contribution in [2.75, 3.05) is 0 Å². The Balaban J connectivity index is 1.78. The molecule has 0 nitrogen and oxygen atoms in total. The maximum Gasteiger partial charge on any atom is -0.000661 e. The van der Waals surface area contributed by atoms with E-state index in [0.717, 1.165) is 12.8 Å². The first kappa shape index (κ1) is 23.9. The van der Waals surface area contributed by atoms with E-state index in [2.05, 4.69) is 130 Å². The third kappa shape index (κ3) is 4.03. The zero-order valence-electron chi connectivity index (χ0n) is 22.2. The summed E-state index contributed by atoms with van der Waals surface area (Å²) in [5.74, 6) is 0. The van der Waals surface area contributed by atoms with Crippen LogP contribution >= 0.6 is 0 Å². The van der Waals surface area contributed by atoms with Crippen molar-refractivity contribution in [1.82, 2.24) is 0 Å². The molecular formula is C38H32. The maximum atomic E-state index is 4.38. The Bertz CT molecular complexity index is 1660. The number of hydrogen-bond acceptors (Lipinski definition) is 0. The molecule has 1 aliphatic rings. The molecule has 0 radical (unpaired) electrons. The van der Waals surface area contributed by atoms with Crippen molar-refractivity contribution in [2.24, 2.45) is 0 Å². The molecular weight excluding hydrogens is 456 g/mol. The summed E-state index contributed by atoms with van der Waals surface area (Å²) in [6.07, 6.45) is 5.82. The molecule has 0 saturated heterocycles. The van der Waals surface area contributed by atoms with E-state index < -0.39 is 0 Å². The molecule has 0 amide bonds. The monoisotopic (exact) mass is 488 g/mol. The summed E-state index contributed by atoms with van der Waals surface area (Å²) in [6.45, 7) is 12.9. The third-order valence-corrected chi connectivity index (χ3v) is 7.88. The van der Waals surface area contributed by atoms with Crippen molar-refractivity contribution >= 4 is 12.2 Å². The van der Waals surface area contributed by atoms with Crippen LogP contribution in [0.3, 0.4) is 0 Å². The smallest absolute Gasteiger partial charge is 0.000661 e. The van der Waals surface area contributed by atoms with Gasteiger partial charge in [-0.05, 0) is 93.5 Å². The molecule has 184 valence electrons. The van der Waals surface area contributed by atoms with Gasteiger partial charge in [-0.15, -0.1) is 0 Å². The zero-order valence-corrected chi connectivity index (χ0v) is 22.2. The first-order valence-corrected chi connectivity index (χ1v) is 13.4. The van der Waals surface area contributed by atoms with Gasteiger partial charge >= 0.3 is 0 Å². The Labute approximate surface area is 226 Å². The van der Waals surface area contributed by atoms with E-state index in [-0.39, 0.29) is 0 Å². The molecule has 0 unspecified atom stereocenters.